The number of benzene rings is 1. The van der Waals surface area contributed by atoms with Crippen molar-refractivity contribution in [2.24, 2.45) is 0 Å². The van der Waals surface area contributed by atoms with Crippen LogP contribution < -0.4 is 4.74 Å². The van der Waals surface area contributed by atoms with Crippen molar-refractivity contribution in [3.05, 3.63) is 59.9 Å². The molecule has 1 heterocycles. The van der Waals surface area contributed by atoms with Gasteiger partial charge < -0.3 is 9.84 Å². The first kappa shape index (κ1) is 17.6. The Morgan fingerprint density at radius 1 is 1.04 bits per heavy atom. The van der Waals surface area contributed by atoms with Crippen LogP contribution in [0.25, 0.3) is 0 Å². The van der Waals surface area contributed by atoms with Crippen molar-refractivity contribution in [2.75, 3.05) is 0 Å². The van der Waals surface area contributed by atoms with E-state index in [0.717, 1.165) is 12.1 Å². The number of ether oxygens (including phenoxy) is 1. The first-order valence-corrected chi connectivity index (χ1v) is 7.44. The molecular formula is C17H14F5NO2. The van der Waals surface area contributed by atoms with E-state index >= 15 is 0 Å². The zero-order chi connectivity index (χ0) is 18.3. The van der Waals surface area contributed by atoms with Gasteiger partial charge in [-0.25, -0.2) is 8.78 Å². The largest absolute Gasteiger partial charge is 0.573 e. The molecule has 3 rings (SSSR count). The topological polar surface area (TPSA) is 42.4 Å². The molecule has 1 aromatic carbocycles. The summed E-state index contributed by atoms with van der Waals surface area (Å²) in [5.74, 6) is -3.40. The number of aromatic nitrogens is 1. The summed E-state index contributed by atoms with van der Waals surface area (Å²) in [6.07, 6.45) is -5.93. The van der Waals surface area contributed by atoms with Gasteiger partial charge in [0.15, 0.2) is 0 Å². The van der Waals surface area contributed by atoms with Crippen molar-refractivity contribution in [1.29, 1.82) is 0 Å². The molecule has 1 aliphatic carbocycles. The summed E-state index contributed by atoms with van der Waals surface area (Å²) in [4.78, 5) is 4.00. The third-order valence-corrected chi connectivity index (χ3v) is 4.30. The standard InChI is InChI=1S/C17H14F5NO2/c18-16(19)9-15(10-16,14(24)13-3-1-2-8-23-13)11-4-6-12(7-5-11)25-17(20,21)22/h1-8,14,24H,9-10H2/t14-/m1/s1. The third kappa shape index (κ3) is 3.58. The molecule has 1 N–H and O–H groups in total. The highest BCUT2D eigenvalue weighted by atomic mass is 19.4. The molecule has 8 heteroatoms. The van der Waals surface area contributed by atoms with Gasteiger partial charge in [-0.2, -0.15) is 0 Å². The predicted octanol–water partition coefficient (Wildman–Crippen LogP) is 4.38. The van der Waals surface area contributed by atoms with E-state index in [1.165, 1.54) is 24.4 Å². The lowest BCUT2D eigenvalue weighted by atomic mass is 9.58. The van der Waals surface area contributed by atoms with Crippen LogP contribution in [0.15, 0.2) is 48.7 Å². The van der Waals surface area contributed by atoms with Gasteiger partial charge >= 0.3 is 6.36 Å². The van der Waals surface area contributed by atoms with Crippen molar-refractivity contribution < 1.29 is 31.8 Å². The fourth-order valence-corrected chi connectivity index (χ4v) is 3.24. The Morgan fingerprint density at radius 2 is 1.68 bits per heavy atom. The SMILES string of the molecule is O[C@H](c1ccccn1)C1(c2ccc(OC(F)(F)F)cc2)CC(F)(F)C1. The van der Waals surface area contributed by atoms with E-state index in [4.69, 9.17) is 0 Å². The molecule has 25 heavy (non-hydrogen) atoms. The minimum atomic E-state index is -4.84. The maximum Gasteiger partial charge on any atom is 0.573 e. The smallest absolute Gasteiger partial charge is 0.406 e. The zero-order valence-corrected chi connectivity index (χ0v) is 12.8. The van der Waals surface area contributed by atoms with Crippen LogP contribution in [-0.4, -0.2) is 22.4 Å². The normalized spacial score (nSPS) is 19.8. The third-order valence-electron chi connectivity index (χ3n) is 4.30. The van der Waals surface area contributed by atoms with E-state index in [0.29, 0.717) is 5.56 Å². The maximum absolute atomic E-state index is 13.6. The maximum atomic E-state index is 13.6. The Bertz CT molecular complexity index is 723. The van der Waals surface area contributed by atoms with Crippen LogP contribution in [0.5, 0.6) is 5.75 Å². The molecular weight excluding hydrogens is 345 g/mol. The second kappa shape index (κ2) is 5.94. The highest BCUT2D eigenvalue weighted by molar-refractivity contribution is 5.38. The van der Waals surface area contributed by atoms with Gasteiger partial charge in [-0.3, -0.25) is 4.98 Å². The lowest BCUT2D eigenvalue weighted by Crippen LogP contribution is -2.53. The van der Waals surface area contributed by atoms with E-state index in [1.54, 1.807) is 12.1 Å². The Labute approximate surface area is 140 Å². The highest BCUT2D eigenvalue weighted by Crippen LogP contribution is 2.59. The first-order valence-electron chi connectivity index (χ1n) is 7.44. The lowest BCUT2D eigenvalue weighted by Gasteiger charge is -2.50. The fraction of sp³-hybridized carbons (Fsp3) is 0.353. The number of aliphatic hydroxyl groups excluding tert-OH is 1. The van der Waals surface area contributed by atoms with E-state index in [1.807, 2.05) is 0 Å². The second-order valence-electron chi connectivity index (χ2n) is 6.09. The van der Waals surface area contributed by atoms with Crippen LogP contribution in [0.1, 0.15) is 30.2 Å². The Kier molecular flexibility index (Phi) is 4.18. The van der Waals surface area contributed by atoms with Crippen LogP contribution in [0, 0.1) is 0 Å². The van der Waals surface area contributed by atoms with E-state index in [9.17, 15) is 27.1 Å². The van der Waals surface area contributed by atoms with Gasteiger partial charge in [0.25, 0.3) is 0 Å². The van der Waals surface area contributed by atoms with Crippen molar-refractivity contribution >= 4 is 0 Å². The zero-order valence-electron chi connectivity index (χ0n) is 12.8. The summed E-state index contributed by atoms with van der Waals surface area (Å²) in [7, 11) is 0. The fourth-order valence-electron chi connectivity index (χ4n) is 3.24. The van der Waals surface area contributed by atoms with Gasteiger partial charge in [0.1, 0.15) is 11.9 Å². The average Bonchev–Trinajstić information content (AvgIpc) is 2.51. The van der Waals surface area contributed by atoms with Gasteiger partial charge in [0, 0.05) is 24.5 Å². The van der Waals surface area contributed by atoms with E-state index < -0.39 is 42.4 Å². The molecule has 2 aromatic rings. The molecule has 1 saturated carbocycles. The summed E-state index contributed by atoms with van der Waals surface area (Å²) in [6, 6.07) is 9.39. The van der Waals surface area contributed by atoms with Gasteiger partial charge in [0.05, 0.1) is 5.69 Å². The summed E-state index contributed by atoms with van der Waals surface area (Å²) in [5.41, 5.74) is -0.769. The molecule has 1 aliphatic rings. The van der Waals surface area contributed by atoms with Crippen LogP contribution in [0.3, 0.4) is 0 Å². The molecule has 1 aromatic heterocycles. The number of nitrogens with zero attached hydrogens (tertiary/aromatic N) is 1. The minimum Gasteiger partial charge on any atom is -0.406 e. The minimum absolute atomic E-state index is 0.230. The molecule has 0 bridgehead atoms. The lowest BCUT2D eigenvalue weighted by molar-refractivity contribution is -0.274. The second-order valence-corrected chi connectivity index (χ2v) is 6.09. The van der Waals surface area contributed by atoms with Gasteiger partial charge in [-0.1, -0.05) is 18.2 Å². The molecule has 1 fully saturated rings. The highest BCUT2D eigenvalue weighted by Gasteiger charge is 2.61. The molecule has 0 aliphatic heterocycles. The molecule has 0 radical (unpaired) electrons. The van der Waals surface area contributed by atoms with Gasteiger partial charge in [-0.15, -0.1) is 13.2 Å². The molecule has 3 nitrogen and oxygen atoms in total. The van der Waals surface area contributed by atoms with Crippen LogP contribution in [0.4, 0.5) is 22.0 Å². The quantitative estimate of drug-likeness (QED) is 0.824. The predicted molar refractivity (Wildman–Crippen MR) is 78.2 cm³/mol. The van der Waals surface area contributed by atoms with E-state index in [2.05, 4.69) is 9.72 Å². The monoisotopic (exact) mass is 359 g/mol. The van der Waals surface area contributed by atoms with Crippen LogP contribution in [0.2, 0.25) is 0 Å². The molecule has 0 amide bonds. The Hall–Kier alpha value is -2.22. The molecule has 0 unspecified atom stereocenters. The van der Waals surface area contributed by atoms with Crippen molar-refractivity contribution in [3.63, 3.8) is 0 Å². The van der Waals surface area contributed by atoms with Crippen LogP contribution in [-0.2, 0) is 5.41 Å². The molecule has 0 spiro atoms. The van der Waals surface area contributed by atoms with E-state index in [-0.39, 0.29) is 5.69 Å². The van der Waals surface area contributed by atoms with Gasteiger partial charge in [0.2, 0.25) is 5.92 Å². The van der Waals surface area contributed by atoms with Crippen molar-refractivity contribution in [3.8, 4) is 5.75 Å². The number of hydrogen-bond acceptors (Lipinski definition) is 3. The molecule has 1 atom stereocenters. The molecule has 134 valence electrons. The van der Waals surface area contributed by atoms with Crippen molar-refractivity contribution in [2.45, 2.75) is 36.6 Å². The number of hydrogen-bond donors (Lipinski definition) is 1. The molecule has 0 saturated heterocycles. The summed E-state index contributed by atoms with van der Waals surface area (Å²) in [5, 5.41) is 10.6. The number of aliphatic hydroxyl groups is 1. The number of pyridine rings is 1. The average molecular weight is 359 g/mol. The Morgan fingerprint density at radius 3 is 2.16 bits per heavy atom. The summed E-state index contributed by atoms with van der Waals surface area (Å²) in [6.45, 7) is 0. The van der Waals surface area contributed by atoms with Crippen LogP contribution >= 0.6 is 0 Å². The van der Waals surface area contributed by atoms with Crippen molar-refractivity contribution in [1.82, 2.24) is 4.98 Å². The number of halogens is 5. The summed E-state index contributed by atoms with van der Waals surface area (Å²) < 4.78 is 67.7. The Balaban J connectivity index is 1.92. The first-order chi connectivity index (χ1) is 11.6. The van der Waals surface area contributed by atoms with Gasteiger partial charge in [-0.05, 0) is 29.8 Å². The summed E-state index contributed by atoms with van der Waals surface area (Å²) >= 11 is 0. The number of rotatable bonds is 4. The number of alkyl halides is 5.